The summed E-state index contributed by atoms with van der Waals surface area (Å²) in [4.78, 5) is 0.969. The third-order valence-corrected chi connectivity index (χ3v) is 3.95. The van der Waals surface area contributed by atoms with Gasteiger partial charge in [-0.2, -0.15) is 0 Å². The fourth-order valence-electron chi connectivity index (χ4n) is 1.69. The second-order valence-corrected chi connectivity index (χ2v) is 5.40. The standard InChI is InChI=1S/C12H17FN2S/c13-10-2-1-3-12(7-10)16-8-11(15-14)6-9-4-5-9/h1-3,7,9,11,15H,4-6,8,14H2. The van der Waals surface area contributed by atoms with Gasteiger partial charge >= 0.3 is 0 Å². The van der Waals surface area contributed by atoms with Crippen LogP contribution < -0.4 is 11.3 Å². The number of nitrogens with one attached hydrogen (secondary N) is 1. The quantitative estimate of drug-likeness (QED) is 0.456. The Morgan fingerprint density at radius 2 is 2.31 bits per heavy atom. The first-order valence-electron chi connectivity index (χ1n) is 5.62. The molecule has 88 valence electrons. The summed E-state index contributed by atoms with van der Waals surface area (Å²) in [6.45, 7) is 0. The number of hydrazine groups is 1. The van der Waals surface area contributed by atoms with E-state index in [-0.39, 0.29) is 5.82 Å². The summed E-state index contributed by atoms with van der Waals surface area (Å²) in [5, 5.41) is 0. The molecule has 1 aliphatic rings. The van der Waals surface area contributed by atoms with E-state index in [0.29, 0.717) is 6.04 Å². The average Bonchev–Trinajstić information content (AvgIpc) is 3.08. The Morgan fingerprint density at radius 1 is 1.50 bits per heavy atom. The molecule has 0 heterocycles. The fraction of sp³-hybridized carbons (Fsp3) is 0.500. The van der Waals surface area contributed by atoms with Crippen molar-refractivity contribution >= 4 is 11.8 Å². The van der Waals surface area contributed by atoms with Crippen molar-refractivity contribution < 1.29 is 4.39 Å². The van der Waals surface area contributed by atoms with Crippen molar-refractivity contribution in [1.82, 2.24) is 5.43 Å². The van der Waals surface area contributed by atoms with E-state index in [0.717, 1.165) is 23.0 Å². The van der Waals surface area contributed by atoms with Crippen LogP contribution in [0.2, 0.25) is 0 Å². The van der Waals surface area contributed by atoms with Crippen LogP contribution in [0.4, 0.5) is 4.39 Å². The van der Waals surface area contributed by atoms with Crippen LogP contribution in [0.15, 0.2) is 29.2 Å². The number of thioether (sulfide) groups is 1. The Morgan fingerprint density at radius 3 is 2.94 bits per heavy atom. The lowest BCUT2D eigenvalue weighted by Crippen LogP contribution is -2.37. The molecule has 4 heteroatoms. The Kier molecular flexibility index (Phi) is 4.21. The van der Waals surface area contributed by atoms with Crippen molar-refractivity contribution in [3.63, 3.8) is 0 Å². The van der Waals surface area contributed by atoms with Gasteiger partial charge in [-0.15, -0.1) is 11.8 Å². The Bertz CT molecular complexity index is 342. The predicted octanol–water partition coefficient (Wildman–Crippen LogP) is 2.55. The number of halogens is 1. The van der Waals surface area contributed by atoms with E-state index in [4.69, 9.17) is 5.84 Å². The van der Waals surface area contributed by atoms with Crippen molar-refractivity contribution in [3.8, 4) is 0 Å². The van der Waals surface area contributed by atoms with Crippen LogP contribution in [0.3, 0.4) is 0 Å². The van der Waals surface area contributed by atoms with E-state index in [1.54, 1.807) is 23.9 Å². The minimum atomic E-state index is -0.176. The molecule has 0 bridgehead atoms. The number of nitrogens with two attached hydrogens (primary N) is 1. The topological polar surface area (TPSA) is 38.0 Å². The molecular formula is C12H17FN2S. The Balaban J connectivity index is 1.80. The normalized spacial score (nSPS) is 17.4. The Hall–Kier alpha value is -0.580. The summed E-state index contributed by atoms with van der Waals surface area (Å²) in [5.41, 5.74) is 2.84. The highest BCUT2D eigenvalue weighted by Crippen LogP contribution is 2.34. The SMILES string of the molecule is NNC(CSc1cccc(F)c1)CC1CC1. The summed E-state index contributed by atoms with van der Waals surface area (Å²) in [7, 11) is 0. The second-order valence-electron chi connectivity index (χ2n) is 4.31. The molecule has 1 aliphatic carbocycles. The van der Waals surface area contributed by atoms with Crippen molar-refractivity contribution in [3.05, 3.63) is 30.1 Å². The van der Waals surface area contributed by atoms with E-state index in [1.807, 2.05) is 6.07 Å². The van der Waals surface area contributed by atoms with E-state index in [9.17, 15) is 4.39 Å². The first-order chi connectivity index (χ1) is 7.78. The fourth-order valence-corrected chi connectivity index (χ4v) is 2.69. The molecule has 0 amide bonds. The highest BCUT2D eigenvalue weighted by Gasteiger charge is 2.24. The van der Waals surface area contributed by atoms with Gasteiger partial charge in [0.05, 0.1) is 0 Å². The van der Waals surface area contributed by atoms with Gasteiger partial charge < -0.3 is 0 Å². The van der Waals surface area contributed by atoms with Gasteiger partial charge in [-0.1, -0.05) is 18.9 Å². The van der Waals surface area contributed by atoms with Gasteiger partial charge in [0.15, 0.2) is 0 Å². The lowest BCUT2D eigenvalue weighted by molar-refractivity contribution is 0.508. The summed E-state index contributed by atoms with van der Waals surface area (Å²) in [6.07, 6.45) is 3.81. The minimum Gasteiger partial charge on any atom is -0.271 e. The smallest absolute Gasteiger partial charge is 0.124 e. The molecule has 0 spiro atoms. The largest absolute Gasteiger partial charge is 0.271 e. The van der Waals surface area contributed by atoms with Gasteiger partial charge in [-0.05, 0) is 30.5 Å². The number of hydrogen-bond acceptors (Lipinski definition) is 3. The zero-order chi connectivity index (χ0) is 11.4. The van der Waals surface area contributed by atoms with E-state index < -0.39 is 0 Å². The van der Waals surface area contributed by atoms with Gasteiger partial charge in [0.1, 0.15) is 5.82 Å². The van der Waals surface area contributed by atoms with Crippen LogP contribution in [-0.4, -0.2) is 11.8 Å². The van der Waals surface area contributed by atoms with Crippen LogP contribution in [0.5, 0.6) is 0 Å². The van der Waals surface area contributed by atoms with Gasteiger partial charge in [0, 0.05) is 16.7 Å². The van der Waals surface area contributed by atoms with E-state index in [1.165, 1.54) is 18.9 Å². The van der Waals surface area contributed by atoms with Crippen LogP contribution in [0.1, 0.15) is 19.3 Å². The van der Waals surface area contributed by atoms with Crippen LogP contribution >= 0.6 is 11.8 Å². The molecule has 1 unspecified atom stereocenters. The molecule has 2 rings (SSSR count). The zero-order valence-electron chi connectivity index (χ0n) is 9.16. The Labute approximate surface area is 99.8 Å². The molecule has 0 aliphatic heterocycles. The van der Waals surface area contributed by atoms with Gasteiger partial charge in [-0.25, -0.2) is 4.39 Å². The molecule has 1 atom stereocenters. The van der Waals surface area contributed by atoms with E-state index >= 15 is 0 Å². The van der Waals surface area contributed by atoms with Crippen LogP contribution in [0, 0.1) is 11.7 Å². The molecule has 1 aromatic carbocycles. The highest BCUT2D eigenvalue weighted by atomic mass is 32.2. The monoisotopic (exact) mass is 240 g/mol. The summed E-state index contributed by atoms with van der Waals surface area (Å²) < 4.78 is 12.9. The molecule has 1 aromatic rings. The average molecular weight is 240 g/mol. The van der Waals surface area contributed by atoms with Crippen LogP contribution in [-0.2, 0) is 0 Å². The van der Waals surface area contributed by atoms with Gasteiger partial charge in [0.2, 0.25) is 0 Å². The second kappa shape index (κ2) is 5.66. The van der Waals surface area contributed by atoms with E-state index in [2.05, 4.69) is 5.43 Å². The number of benzene rings is 1. The zero-order valence-corrected chi connectivity index (χ0v) is 9.97. The third-order valence-electron chi connectivity index (χ3n) is 2.80. The maximum Gasteiger partial charge on any atom is 0.124 e. The lowest BCUT2D eigenvalue weighted by atomic mass is 10.2. The van der Waals surface area contributed by atoms with Crippen LogP contribution in [0.25, 0.3) is 0 Å². The molecule has 2 nitrogen and oxygen atoms in total. The third kappa shape index (κ3) is 3.77. The first kappa shape index (κ1) is 11.9. The molecular weight excluding hydrogens is 223 g/mol. The maximum atomic E-state index is 12.9. The highest BCUT2D eigenvalue weighted by molar-refractivity contribution is 7.99. The molecule has 1 saturated carbocycles. The van der Waals surface area contributed by atoms with Crippen molar-refractivity contribution in [2.24, 2.45) is 11.8 Å². The molecule has 3 N–H and O–H groups in total. The number of hydrogen-bond donors (Lipinski definition) is 2. The molecule has 0 radical (unpaired) electrons. The maximum absolute atomic E-state index is 12.9. The van der Waals surface area contributed by atoms with Gasteiger partial charge in [-0.3, -0.25) is 11.3 Å². The van der Waals surface area contributed by atoms with Gasteiger partial charge in [0.25, 0.3) is 0 Å². The number of rotatable bonds is 6. The molecule has 0 saturated heterocycles. The summed E-state index contributed by atoms with van der Waals surface area (Å²) in [6, 6.07) is 7.03. The summed E-state index contributed by atoms with van der Waals surface area (Å²) in [5.74, 6) is 7.08. The predicted molar refractivity (Wildman–Crippen MR) is 65.6 cm³/mol. The molecule has 0 aromatic heterocycles. The first-order valence-corrected chi connectivity index (χ1v) is 6.61. The minimum absolute atomic E-state index is 0.176. The van der Waals surface area contributed by atoms with Crippen molar-refractivity contribution in [2.45, 2.75) is 30.2 Å². The van der Waals surface area contributed by atoms with Crippen molar-refractivity contribution in [2.75, 3.05) is 5.75 Å². The molecule has 1 fully saturated rings. The lowest BCUT2D eigenvalue weighted by Gasteiger charge is -2.14. The molecule has 16 heavy (non-hydrogen) atoms. The summed E-state index contributed by atoms with van der Waals surface area (Å²) >= 11 is 1.65. The van der Waals surface area contributed by atoms with Crippen molar-refractivity contribution in [1.29, 1.82) is 0 Å².